The van der Waals surface area contributed by atoms with E-state index < -0.39 is 12.1 Å². The molecule has 184 valence electrons. The molecular formula is C28H32N2O5. The van der Waals surface area contributed by atoms with Crippen molar-refractivity contribution in [1.29, 1.82) is 0 Å². The van der Waals surface area contributed by atoms with E-state index in [9.17, 15) is 14.4 Å². The molecule has 2 aromatic carbocycles. The molecule has 3 unspecified atom stereocenters. The summed E-state index contributed by atoms with van der Waals surface area (Å²) in [6, 6.07) is 15.7. The summed E-state index contributed by atoms with van der Waals surface area (Å²) < 4.78 is 5.64. The van der Waals surface area contributed by atoms with Gasteiger partial charge in [-0.05, 0) is 48.9 Å². The van der Waals surface area contributed by atoms with Crippen LogP contribution in [0.25, 0.3) is 11.1 Å². The smallest absolute Gasteiger partial charge is 0.407 e. The Morgan fingerprint density at radius 2 is 1.71 bits per heavy atom. The molecule has 2 aromatic rings. The molecule has 2 aliphatic rings. The van der Waals surface area contributed by atoms with Crippen LogP contribution in [0.1, 0.15) is 50.2 Å². The molecule has 2 N–H and O–H groups in total. The number of fused-ring (bicyclic) bond motifs is 3. The number of amides is 2. The van der Waals surface area contributed by atoms with Crippen molar-refractivity contribution < 1.29 is 24.2 Å². The van der Waals surface area contributed by atoms with Gasteiger partial charge in [-0.3, -0.25) is 9.59 Å². The Bertz CT molecular complexity index is 1080. The van der Waals surface area contributed by atoms with E-state index in [0.717, 1.165) is 11.1 Å². The van der Waals surface area contributed by atoms with E-state index in [1.54, 1.807) is 11.8 Å². The number of hydrogen-bond donors (Lipinski definition) is 2. The quantitative estimate of drug-likeness (QED) is 0.544. The number of rotatable bonds is 8. The summed E-state index contributed by atoms with van der Waals surface area (Å²) >= 11 is 0. The lowest BCUT2D eigenvalue weighted by Gasteiger charge is -2.33. The van der Waals surface area contributed by atoms with Gasteiger partial charge in [0, 0.05) is 24.4 Å². The molecule has 4 rings (SSSR count). The molecule has 3 atom stereocenters. The summed E-state index contributed by atoms with van der Waals surface area (Å²) in [5.74, 6) is -1.33. The maximum absolute atomic E-state index is 13.1. The van der Waals surface area contributed by atoms with E-state index in [-0.39, 0.29) is 42.9 Å². The lowest BCUT2D eigenvalue weighted by Crippen LogP contribution is -2.46. The molecule has 0 bridgehead atoms. The predicted molar refractivity (Wildman–Crippen MR) is 133 cm³/mol. The summed E-state index contributed by atoms with van der Waals surface area (Å²) in [4.78, 5) is 38.4. The first kappa shape index (κ1) is 24.5. The van der Waals surface area contributed by atoms with Gasteiger partial charge in [0.15, 0.2) is 0 Å². The van der Waals surface area contributed by atoms with E-state index in [1.165, 1.54) is 11.1 Å². The maximum atomic E-state index is 13.1. The van der Waals surface area contributed by atoms with E-state index >= 15 is 0 Å². The Kier molecular flexibility index (Phi) is 7.54. The standard InChI is InChI=1S/C28H32N2O5/c1-3-30(18(2)15-26(31)32)27(33)19-9-8-10-20(16-19)29-28(34)35-17-25-23-13-6-4-11-21(23)22-12-5-7-14-24(22)25/h4-8,10-14,18-20,25H,3,9,15-17H2,1-2H3,(H,29,34)(H,31,32). The van der Waals surface area contributed by atoms with Gasteiger partial charge in [0.1, 0.15) is 6.61 Å². The minimum Gasteiger partial charge on any atom is -0.481 e. The Morgan fingerprint density at radius 3 is 2.31 bits per heavy atom. The zero-order valence-corrected chi connectivity index (χ0v) is 20.1. The average Bonchev–Trinajstić information content (AvgIpc) is 3.16. The Morgan fingerprint density at radius 1 is 1.09 bits per heavy atom. The zero-order chi connectivity index (χ0) is 24.9. The molecule has 0 aromatic heterocycles. The number of carboxylic acid groups (broad SMARTS) is 1. The average molecular weight is 477 g/mol. The Hall–Kier alpha value is -3.61. The van der Waals surface area contributed by atoms with Gasteiger partial charge in [0.2, 0.25) is 5.91 Å². The molecule has 0 aliphatic heterocycles. The maximum Gasteiger partial charge on any atom is 0.407 e. The van der Waals surface area contributed by atoms with Crippen LogP contribution in [-0.4, -0.2) is 53.2 Å². The van der Waals surface area contributed by atoms with Crippen LogP contribution in [0.3, 0.4) is 0 Å². The summed E-state index contributed by atoms with van der Waals surface area (Å²) in [5, 5.41) is 12.0. The van der Waals surface area contributed by atoms with Crippen molar-refractivity contribution in [1.82, 2.24) is 10.2 Å². The molecule has 0 radical (unpaired) electrons. The number of carboxylic acids is 1. The number of benzene rings is 2. The van der Waals surface area contributed by atoms with Gasteiger partial charge in [-0.15, -0.1) is 0 Å². The highest BCUT2D eigenvalue weighted by atomic mass is 16.5. The van der Waals surface area contributed by atoms with Crippen LogP contribution >= 0.6 is 0 Å². The summed E-state index contributed by atoms with van der Waals surface area (Å²) in [6.45, 7) is 4.27. The number of carbonyl (C=O) groups excluding carboxylic acids is 2. The Labute approximate surface area is 205 Å². The van der Waals surface area contributed by atoms with Crippen molar-refractivity contribution in [3.05, 3.63) is 71.8 Å². The number of nitrogens with zero attached hydrogens (tertiary/aromatic N) is 1. The molecule has 0 saturated heterocycles. The fourth-order valence-electron chi connectivity index (χ4n) is 5.27. The number of aliphatic carboxylic acids is 1. The molecule has 0 fully saturated rings. The monoisotopic (exact) mass is 476 g/mol. The molecule has 2 aliphatic carbocycles. The number of allylic oxidation sites excluding steroid dienone is 1. The molecule has 0 heterocycles. The van der Waals surface area contributed by atoms with Gasteiger partial charge in [-0.1, -0.05) is 60.7 Å². The van der Waals surface area contributed by atoms with Crippen molar-refractivity contribution in [2.75, 3.05) is 13.2 Å². The van der Waals surface area contributed by atoms with Crippen LogP contribution in [0, 0.1) is 5.92 Å². The lowest BCUT2D eigenvalue weighted by molar-refractivity contribution is -0.142. The molecule has 0 saturated carbocycles. The highest BCUT2D eigenvalue weighted by Gasteiger charge is 2.32. The van der Waals surface area contributed by atoms with Crippen LogP contribution in [0.4, 0.5) is 4.79 Å². The van der Waals surface area contributed by atoms with Crippen LogP contribution in [0.2, 0.25) is 0 Å². The van der Waals surface area contributed by atoms with E-state index in [1.807, 2.05) is 43.3 Å². The van der Waals surface area contributed by atoms with Crippen molar-refractivity contribution in [2.45, 2.75) is 51.1 Å². The number of hydrogen-bond acceptors (Lipinski definition) is 4. The third-order valence-electron chi connectivity index (χ3n) is 6.95. The SMILES string of the molecule is CCN(C(=O)C1CC=CC(NC(=O)OCC2c3ccccc3-c3ccccc32)C1)C(C)CC(=O)O. The fraction of sp³-hybridized carbons (Fsp3) is 0.393. The van der Waals surface area contributed by atoms with E-state index in [4.69, 9.17) is 9.84 Å². The third kappa shape index (κ3) is 5.39. The summed E-state index contributed by atoms with van der Waals surface area (Å²) in [6.07, 6.45) is 4.21. The first-order valence-corrected chi connectivity index (χ1v) is 12.2. The molecule has 7 nitrogen and oxygen atoms in total. The van der Waals surface area contributed by atoms with Gasteiger partial charge in [-0.25, -0.2) is 4.79 Å². The van der Waals surface area contributed by atoms with Crippen molar-refractivity contribution >= 4 is 18.0 Å². The Balaban J connectivity index is 1.34. The minimum absolute atomic E-state index is 0.0155. The number of ether oxygens (including phenoxy) is 1. The highest BCUT2D eigenvalue weighted by Crippen LogP contribution is 2.44. The van der Waals surface area contributed by atoms with Gasteiger partial charge in [0.25, 0.3) is 0 Å². The van der Waals surface area contributed by atoms with Crippen molar-refractivity contribution in [3.63, 3.8) is 0 Å². The highest BCUT2D eigenvalue weighted by molar-refractivity contribution is 5.81. The second-order valence-corrected chi connectivity index (χ2v) is 9.24. The fourth-order valence-corrected chi connectivity index (χ4v) is 5.27. The van der Waals surface area contributed by atoms with Crippen LogP contribution < -0.4 is 5.32 Å². The van der Waals surface area contributed by atoms with Crippen LogP contribution in [0.15, 0.2) is 60.7 Å². The third-order valence-corrected chi connectivity index (χ3v) is 6.95. The topological polar surface area (TPSA) is 95.9 Å². The van der Waals surface area contributed by atoms with Gasteiger partial charge >= 0.3 is 12.1 Å². The first-order valence-electron chi connectivity index (χ1n) is 12.2. The number of alkyl carbamates (subject to hydrolysis) is 1. The van der Waals surface area contributed by atoms with Crippen LogP contribution in [-0.2, 0) is 14.3 Å². The second kappa shape index (κ2) is 10.8. The normalized spacial score (nSPS) is 19.4. The molecule has 7 heteroatoms. The molecule has 35 heavy (non-hydrogen) atoms. The largest absolute Gasteiger partial charge is 0.481 e. The second-order valence-electron chi connectivity index (χ2n) is 9.24. The summed E-state index contributed by atoms with van der Waals surface area (Å²) in [7, 11) is 0. The van der Waals surface area contributed by atoms with Crippen LogP contribution in [0.5, 0.6) is 0 Å². The van der Waals surface area contributed by atoms with E-state index in [2.05, 4.69) is 29.6 Å². The van der Waals surface area contributed by atoms with E-state index in [0.29, 0.717) is 19.4 Å². The molecule has 0 spiro atoms. The van der Waals surface area contributed by atoms with Gasteiger partial charge in [0.05, 0.1) is 12.5 Å². The molecule has 2 amide bonds. The first-order chi connectivity index (χ1) is 16.9. The van der Waals surface area contributed by atoms with Crippen molar-refractivity contribution in [3.8, 4) is 11.1 Å². The van der Waals surface area contributed by atoms with Gasteiger partial charge < -0.3 is 20.1 Å². The predicted octanol–water partition coefficient (Wildman–Crippen LogP) is 4.57. The zero-order valence-electron chi connectivity index (χ0n) is 20.1. The number of nitrogens with one attached hydrogen (secondary N) is 1. The van der Waals surface area contributed by atoms with Crippen molar-refractivity contribution in [2.24, 2.45) is 5.92 Å². The number of carbonyl (C=O) groups is 3. The lowest BCUT2D eigenvalue weighted by atomic mass is 9.89. The van der Waals surface area contributed by atoms with Gasteiger partial charge in [-0.2, -0.15) is 0 Å². The molecular weight excluding hydrogens is 444 g/mol. The minimum atomic E-state index is -0.929. The summed E-state index contributed by atoms with van der Waals surface area (Å²) in [5.41, 5.74) is 4.65.